The fraction of sp³-hybridized carbons (Fsp3) is 0.520. The summed E-state index contributed by atoms with van der Waals surface area (Å²) in [5, 5.41) is 30.4. The number of fused-ring (bicyclic) bond motifs is 7. The molecule has 0 amide bonds. The van der Waals surface area contributed by atoms with E-state index in [1.807, 2.05) is 12.1 Å². The van der Waals surface area contributed by atoms with E-state index >= 15 is 0 Å². The average molecular weight is 463 g/mol. The van der Waals surface area contributed by atoms with Crippen LogP contribution in [-0.4, -0.2) is 55.1 Å². The number of allylic oxidation sites excluding steroid dienone is 1. The van der Waals surface area contributed by atoms with E-state index in [0.717, 1.165) is 16.0 Å². The molecule has 1 aliphatic heterocycles. The maximum absolute atomic E-state index is 14.0. The second kappa shape index (κ2) is 6.14. The molecule has 176 valence electrons. The molecule has 2 heterocycles. The Balaban J connectivity index is 1.38. The summed E-state index contributed by atoms with van der Waals surface area (Å²) in [6.45, 7) is 5.84. The third kappa shape index (κ3) is 2.18. The van der Waals surface area contributed by atoms with Crippen molar-refractivity contribution < 1.29 is 29.4 Å². The van der Waals surface area contributed by atoms with E-state index in [2.05, 4.69) is 16.9 Å². The van der Waals surface area contributed by atoms with Crippen LogP contribution in [0.25, 0.3) is 11.0 Å². The molecule has 4 aliphatic carbocycles. The highest BCUT2D eigenvalue weighted by atomic mass is 16.7. The van der Waals surface area contributed by atoms with Gasteiger partial charge in [0.2, 0.25) is 0 Å². The van der Waals surface area contributed by atoms with Crippen LogP contribution in [0.5, 0.6) is 0 Å². The van der Waals surface area contributed by atoms with Gasteiger partial charge in [-0.1, -0.05) is 29.1 Å². The SMILES string of the molecule is C=C1C[C@]23C[C@@]1(O)CC[C@H]2C1=C[C@H]2OC(=O)[C@@](C)([C@H]1[C@@H]3C(=O)On1nnc3ccccc31)[C@H]2O. The smallest absolute Gasteiger partial charge is 0.339 e. The number of carbonyl (C=O) groups is 2. The molecule has 4 fully saturated rings. The van der Waals surface area contributed by atoms with E-state index in [9.17, 15) is 19.8 Å². The van der Waals surface area contributed by atoms with Crippen LogP contribution in [0.4, 0.5) is 0 Å². The fourth-order valence-corrected chi connectivity index (χ4v) is 7.90. The van der Waals surface area contributed by atoms with Crippen molar-refractivity contribution in [2.45, 2.75) is 50.4 Å². The van der Waals surface area contributed by atoms with Gasteiger partial charge < -0.3 is 19.8 Å². The minimum Gasteiger partial charge on any atom is -0.455 e. The zero-order chi connectivity index (χ0) is 23.6. The van der Waals surface area contributed by atoms with Crippen molar-refractivity contribution in [1.29, 1.82) is 0 Å². The van der Waals surface area contributed by atoms with Crippen LogP contribution in [-0.2, 0) is 14.3 Å². The molecule has 5 aliphatic rings. The van der Waals surface area contributed by atoms with Crippen LogP contribution in [0.3, 0.4) is 0 Å². The Morgan fingerprint density at radius 2 is 2.15 bits per heavy atom. The first-order valence-corrected chi connectivity index (χ1v) is 11.7. The highest BCUT2D eigenvalue weighted by Gasteiger charge is 2.76. The van der Waals surface area contributed by atoms with E-state index in [4.69, 9.17) is 9.57 Å². The van der Waals surface area contributed by atoms with Crippen molar-refractivity contribution in [3.63, 3.8) is 0 Å². The Morgan fingerprint density at radius 3 is 2.97 bits per heavy atom. The monoisotopic (exact) mass is 463 g/mol. The molecule has 1 spiro atoms. The standard InChI is InChI=1S/C25H25N3O6/c1-12-10-24-11-25(12,32)8-7-14(24)13-9-17-20(29)23(2,22(31)33-17)18(13)19(24)21(30)34-28-16-6-4-3-5-15(16)26-27-28/h3-6,9,14,17-20,29,32H,1,7-8,10-11H2,2H3/t14-,17+,18+,19+,20-,23-,24-,25-/m0/s1. The number of nitrogens with zero attached hydrogens (tertiary/aromatic N) is 3. The van der Waals surface area contributed by atoms with Crippen LogP contribution in [0.15, 0.2) is 48.1 Å². The Kier molecular flexibility index (Phi) is 3.68. The molecule has 1 saturated heterocycles. The van der Waals surface area contributed by atoms with Gasteiger partial charge in [-0.25, -0.2) is 4.79 Å². The molecule has 4 bridgehead atoms. The topological polar surface area (TPSA) is 124 Å². The van der Waals surface area contributed by atoms with E-state index in [0.29, 0.717) is 36.7 Å². The molecule has 9 heteroatoms. The predicted molar refractivity (Wildman–Crippen MR) is 117 cm³/mol. The lowest BCUT2D eigenvalue weighted by Gasteiger charge is -2.42. The number of para-hydroxylation sites is 1. The van der Waals surface area contributed by atoms with E-state index < -0.39 is 52.4 Å². The summed E-state index contributed by atoms with van der Waals surface area (Å²) in [6.07, 6.45) is 2.12. The van der Waals surface area contributed by atoms with Crippen molar-refractivity contribution in [1.82, 2.24) is 15.2 Å². The Bertz CT molecular complexity index is 1330. The number of aliphatic hydroxyl groups excluding tert-OH is 1. The molecular weight excluding hydrogens is 438 g/mol. The normalized spacial score (nSPS) is 44.0. The van der Waals surface area contributed by atoms with E-state index in [1.165, 1.54) is 0 Å². The van der Waals surface area contributed by atoms with Gasteiger partial charge in [0, 0.05) is 5.92 Å². The summed E-state index contributed by atoms with van der Waals surface area (Å²) < 4.78 is 5.51. The van der Waals surface area contributed by atoms with Crippen molar-refractivity contribution in [3.05, 3.63) is 48.1 Å². The maximum atomic E-state index is 14.0. The molecule has 0 unspecified atom stereocenters. The summed E-state index contributed by atoms with van der Waals surface area (Å²) >= 11 is 0. The van der Waals surface area contributed by atoms with Crippen LogP contribution in [0, 0.1) is 28.6 Å². The summed E-state index contributed by atoms with van der Waals surface area (Å²) in [5.74, 6) is -2.49. The third-order valence-electron chi connectivity index (χ3n) is 9.44. The molecule has 1 aromatic carbocycles. The van der Waals surface area contributed by atoms with Gasteiger partial charge in [-0.15, -0.1) is 5.10 Å². The largest absolute Gasteiger partial charge is 0.455 e. The first-order chi connectivity index (χ1) is 16.2. The van der Waals surface area contributed by atoms with Crippen molar-refractivity contribution >= 4 is 23.0 Å². The zero-order valence-electron chi connectivity index (χ0n) is 18.7. The van der Waals surface area contributed by atoms with Crippen molar-refractivity contribution in [2.75, 3.05) is 0 Å². The molecule has 2 aromatic rings. The molecule has 2 N–H and O–H groups in total. The predicted octanol–water partition coefficient (Wildman–Crippen LogP) is 1.34. The molecule has 3 saturated carbocycles. The first kappa shape index (κ1) is 20.3. The summed E-state index contributed by atoms with van der Waals surface area (Å²) in [4.78, 5) is 34.0. The summed E-state index contributed by atoms with van der Waals surface area (Å²) in [5.41, 5.74) is -0.157. The Morgan fingerprint density at radius 1 is 1.35 bits per heavy atom. The number of benzene rings is 1. The second-order valence-corrected chi connectivity index (χ2v) is 10.9. The lowest BCUT2D eigenvalue weighted by atomic mass is 9.61. The Hall–Kier alpha value is -3.04. The van der Waals surface area contributed by atoms with Crippen LogP contribution in [0.2, 0.25) is 0 Å². The quantitative estimate of drug-likeness (QED) is 0.389. The number of ether oxygens (including phenoxy) is 1. The number of aliphatic hydroxyl groups is 2. The van der Waals surface area contributed by atoms with Gasteiger partial charge in [-0.05, 0) is 72.9 Å². The average Bonchev–Trinajstić information content (AvgIpc) is 3.42. The highest BCUT2D eigenvalue weighted by molar-refractivity contribution is 5.86. The zero-order valence-corrected chi connectivity index (χ0v) is 18.7. The van der Waals surface area contributed by atoms with Crippen molar-refractivity contribution in [2.24, 2.45) is 28.6 Å². The number of rotatable bonds is 2. The minimum atomic E-state index is -1.28. The van der Waals surface area contributed by atoms with E-state index in [-0.39, 0.29) is 5.92 Å². The summed E-state index contributed by atoms with van der Waals surface area (Å²) in [7, 11) is 0. The van der Waals surface area contributed by atoms with Gasteiger partial charge in [-0.2, -0.15) is 0 Å². The molecule has 34 heavy (non-hydrogen) atoms. The maximum Gasteiger partial charge on any atom is 0.339 e. The number of hydrogen-bond donors (Lipinski definition) is 2. The molecule has 8 atom stereocenters. The highest BCUT2D eigenvalue weighted by Crippen LogP contribution is 2.74. The van der Waals surface area contributed by atoms with Crippen LogP contribution >= 0.6 is 0 Å². The first-order valence-electron chi connectivity index (χ1n) is 11.7. The fourth-order valence-electron chi connectivity index (χ4n) is 7.90. The van der Waals surface area contributed by atoms with Gasteiger partial charge in [0.05, 0.1) is 11.5 Å². The molecule has 9 nitrogen and oxygen atoms in total. The van der Waals surface area contributed by atoms with Crippen LogP contribution in [0.1, 0.15) is 32.6 Å². The number of carbonyl (C=O) groups excluding carboxylic acids is 2. The van der Waals surface area contributed by atoms with E-state index in [1.54, 1.807) is 25.1 Å². The molecular formula is C25H25N3O6. The number of hydrogen-bond acceptors (Lipinski definition) is 8. The van der Waals surface area contributed by atoms with Gasteiger partial charge in [0.25, 0.3) is 0 Å². The molecule has 1 aromatic heterocycles. The number of esters is 1. The van der Waals surface area contributed by atoms with Crippen LogP contribution < -0.4 is 4.84 Å². The van der Waals surface area contributed by atoms with Gasteiger partial charge in [-0.3, -0.25) is 4.79 Å². The second-order valence-electron chi connectivity index (χ2n) is 10.9. The number of aromatic nitrogens is 3. The lowest BCUT2D eigenvalue weighted by Crippen LogP contribution is -2.51. The lowest BCUT2D eigenvalue weighted by molar-refractivity contribution is -0.163. The van der Waals surface area contributed by atoms with Gasteiger partial charge in [0.15, 0.2) is 0 Å². The Labute approximate surface area is 195 Å². The third-order valence-corrected chi connectivity index (χ3v) is 9.44. The molecule has 0 radical (unpaired) electrons. The minimum absolute atomic E-state index is 0.0362. The van der Waals surface area contributed by atoms with Gasteiger partial charge in [0.1, 0.15) is 28.7 Å². The van der Waals surface area contributed by atoms with Crippen molar-refractivity contribution in [3.8, 4) is 0 Å². The van der Waals surface area contributed by atoms with Gasteiger partial charge >= 0.3 is 11.9 Å². The summed E-state index contributed by atoms with van der Waals surface area (Å²) in [6, 6.07) is 7.15. The molecule has 7 rings (SSSR count).